The highest BCUT2D eigenvalue weighted by Crippen LogP contribution is 2.35. The number of carbonyl (C=O) groups is 2. The van der Waals surface area contributed by atoms with Crippen molar-refractivity contribution in [3.63, 3.8) is 0 Å². The summed E-state index contributed by atoms with van der Waals surface area (Å²) in [5.74, 6) is -1.17. The van der Waals surface area contributed by atoms with Gasteiger partial charge in [-0.1, -0.05) is 15.9 Å². The number of hydrogen-bond acceptors (Lipinski definition) is 3. The van der Waals surface area contributed by atoms with Crippen LogP contribution in [0.15, 0.2) is 45.8 Å². The summed E-state index contributed by atoms with van der Waals surface area (Å²) >= 11 is 4.13. The van der Waals surface area contributed by atoms with Gasteiger partial charge < -0.3 is 0 Å². The number of hydrogen-bond donors (Lipinski definition) is 0. The third-order valence-electron chi connectivity index (χ3n) is 3.58. The second-order valence-corrected chi connectivity index (χ2v) is 7.50. The second-order valence-electron chi connectivity index (χ2n) is 5.71. The highest BCUT2D eigenvalue weighted by atomic mass is 79.9. The van der Waals surface area contributed by atoms with Gasteiger partial charge in [-0.25, -0.2) is 0 Å². The van der Waals surface area contributed by atoms with E-state index < -0.39 is 35.0 Å². The van der Waals surface area contributed by atoms with Crippen molar-refractivity contribution in [1.82, 2.24) is 0 Å². The number of rotatable bonds is 3. The number of alkyl halides is 6. The van der Waals surface area contributed by atoms with E-state index in [9.17, 15) is 35.9 Å². The molecule has 0 unspecified atom stereocenters. The molecule has 2 rings (SSSR count). The smallest absolute Gasteiger partial charge is 0.294 e. The van der Waals surface area contributed by atoms with Gasteiger partial charge in [0.15, 0.2) is 11.6 Å². The van der Waals surface area contributed by atoms with Gasteiger partial charge in [0.05, 0.1) is 11.1 Å². The Bertz CT molecular complexity index is 907. The average Bonchev–Trinajstić information content (AvgIpc) is 2.59. The van der Waals surface area contributed by atoms with E-state index in [1.807, 2.05) is 0 Å². The largest absolute Gasteiger partial charge is 0.417 e. The predicted octanol–water partition coefficient (Wildman–Crippen LogP) is 7.30. The topological polar surface area (TPSA) is 34.1 Å². The minimum absolute atomic E-state index is 0.277. The molecule has 2 aromatic carbocycles. The summed E-state index contributed by atoms with van der Waals surface area (Å²) in [7, 11) is 0. The van der Waals surface area contributed by atoms with Crippen LogP contribution in [0.2, 0.25) is 0 Å². The Morgan fingerprint density at radius 3 is 1.59 bits per heavy atom. The first-order chi connectivity index (χ1) is 13.2. The molecule has 0 aliphatic heterocycles. The first-order valence-corrected chi connectivity index (χ1v) is 9.84. The van der Waals surface area contributed by atoms with Gasteiger partial charge in [0, 0.05) is 20.5 Å². The molecule has 0 spiro atoms. The van der Waals surface area contributed by atoms with Gasteiger partial charge >= 0.3 is 12.4 Å². The Morgan fingerprint density at radius 2 is 1.21 bits per heavy atom. The van der Waals surface area contributed by atoms with Crippen LogP contribution in [-0.4, -0.2) is 17.8 Å². The Hall–Kier alpha value is -1.81. The van der Waals surface area contributed by atoms with Gasteiger partial charge in [-0.3, -0.25) is 9.59 Å². The van der Waals surface area contributed by atoms with Gasteiger partial charge in [-0.2, -0.15) is 26.3 Å². The number of carbonyl (C=O) groups excluding carboxylic acids is 2. The third kappa shape index (κ3) is 7.18. The molecule has 0 atom stereocenters. The number of ketones is 2. The van der Waals surface area contributed by atoms with E-state index in [0.717, 1.165) is 32.0 Å². The van der Waals surface area contributed by atoms with Crippen LogP contribution < -0.4 is 0 Å². The van der Waals surface area contributed by atoms with E-state index >= 15 is 0 Å². The van der Waals surface area contributed by atoms with Crippen LogP contribution in [0.1, 0.15) is 45.7 Å². The molecular formula is C19H15BrF6O2S. The quantitative estimate of drug-likeness (QED) is 0.252. The normalized spacial score (nSPS) is 11.5. The van der Waals surface area contributed by atoms with Crippen molar-refractivity contribution in [3.05, 3.63) is 63.1 Å². The molecule has 0 aliphatic rings. The molecule has 0 amide bonds. The monoisotopic (exact) mass is 500 g/mol. The first-order valence-electron chi connectivity index (χ1n) is 7.82. The van der Waals surface area contributed by atoms with Crippen molar-refractivity contribution in [2.45, 2.75) is 31.1 Å². The first kappa shape index (κ1) is 25.2. The second kappa shape index (κ2) is 9.80. The zero-order chi connectivity index (χ0) is 22.6. The lowest BCUT2D eigenvalue weighted by Gasteiger charge is -2.11. The maximum absolute atomic E-state index is 12.6. The Labute approximate surface area is 175 Å². The fourth-order valence-corrected chi connectivity index (χ4v) is 3.05. The van der Waals surface area contributed by atoms with Crippen molar-refractivity contribution in [2.24, 2.45) is 0 Å². The molecule has 10 heteroatoms. The third-order valence-corrected chi connectivity index (χ3v) is 4.80. The molecule has 2 nitrogen and oxygen atoms in total. The van der Waals surface area contributed by atoms with Gasteiger partial charge in [-0.05, 0) is 56.5 Å². The van der Waals surface area contributed by atoms with Crippen LogP contribution >= 0.6 is 27.7 Å². The molecule has 29 heavy (non-hydrogen) atoms. The molecule has 0 saturated heterocycles. The molecule has 2 aromatic rings. The average molecular weight is 501 g/mol. The molecule has 0 saturated carbocycles. The fraction of sp³-hybridized carbons (Fsp3) is 0.263. The Morgan fingerprint density at radius 1 is 0.793 bits per heavy atom. The summed E-state index contributed by atoms with van der Waals surface area (Å²) in [5, 5.41) is 0. The van der Waals surface area contributed by atoms with Crippen molar-refractivity contribution in [2.75, 3.05) is 6.26 Å². The molecule has 0 bridgehead atoms. The molecule has 0 fully saturated rings. The molecule has 158 valence electrons. The lowest BCUT2D eigenvalue weighted by molar-refractivity contribution is -0.138. The Kier molecular flexibility index (Phi) is 8.52. The maximum atomic E-state index is 12.6. The van der Waals surface area contributed by atoms with Crippen LogP contribution in [-0.2, 0) is 12.4 Å². The summed E-state index contributed by atoms with van der Waals surface area (Å²) in [6.45, 7) is 2.24. The van der Waals surface area contributed by atoms with Crippen LogP contribution in [0.4, 0.5) is 26.3 Å². The van der Waals surface area contributed by atoms with E-state index in [1.54, 1.807) is 6.26 Å². The Balaban J connectivity index is 0.000000291. The summed E-state index contributed by atoms with van der Waals surface area (Å²) < 4.78 is 75.2. The highest BCUT2D eigenvalue weighted by Gasteiger charge is 2.35. The molecule has 0 N–H and O–H groups in total. The molecule has 0 heterocycles. The number of thioether (sulfide) groups is 1. The molecule has 0 radical (unpaired) electrons. The van der Waals surface area contributed by atoms with Crippen LogP contribution in [0, 0.1) is 0 Å². The van der Waals surface area contributed by atoms with Crippen molar-refractivity contribution in [3.8, 4) is 0 Å². The van der Waals surface area contributed by atoms with Crippen molar-refractivity contribution in [1.29, 1.82) is 0 Å². The molecule has 0 aromatic heterocycles. The van der Waals surface area contributed by atoms with E-state index in [0.29, 0.717) is 9.37 Å². The van der Waals surface area contributed by atoms with Crippen LogP contribution in [0.3, 0.4) is 0 Å². The zero-order valence-corrected chi connectivity index (χ0v) is 17.7. The molecule has 0 aliphatic carbocycles. The van der Waals surface area contributed by atoms with Gasteiger partial charge in [0.25, 0.3) is 0 Å². The minimum atomic E-state index is -4.50. The SMILES string of the molecule is CC(=O)c1ccc(Br)cc1C(F)(F)F.CSc1ccc(C(C)=O)c(C(F)(F)F)c1. The highest BCUT2D eigenvalue weighted by molar-refractivity contribution is 9.10. The predicted molar refractivity (Wildman–Crippen MR) is 102 cm³/mol. The number of halogens is 7. The fourth-order valence-electron chi connectivity index (χ4n) is 2.25. The van der Waals surface area contributed by atoms with E-state index in [-0.39, 0.29) is 11.1 Å². The van der Waals surface area contributed by atoms with Gasteiger partial charge in [-0.15, -0.1) is 11.8 Å². The number of Topliss-reactive ketones (excluding diaryl/α,β-unsaturated/α-hetero) is 2. The minimum Gasteiger partial charge on any atom is -0.294 e. The van der Waals surface area contributed by atoms with E-state index in [4.69, 9.17) is 0 Å². The van der Waals surface area contributed by atoms with Crippen LogP contribution in [0.25, 0.3) is 0 Å². The number of benzene rings is 2. The van der Waals surface area contributed by atoms with Crippen molar-refractivity contribution < 1.29 is 35.9 Å². The summed E-state index contributed by atoms with van der Waals surface area (Å²) in [5.41, 5.74) is -2.35. The van der Waals surface area contributed by atoms with E-state index in [1.165, 1.54) is 30.0 Å². The van der Waals surface area contributed by atoms with Crippen LogP contribution in [0.5, 0.6) is 0 Å². The summed E-state index contributed by atoms with van der Waals surface area (Å²) in [4.78, 5) is 22.4. The standard InChI is InChI=1S/C10H9F3OS.C9H6BrF3O/c1-6(14)8-4-3-7(15-2)5-9(8)10(11,12)13;1-5(14)7-3-2-6(10)4-8(7)9(11,12)13/h3-5H,1-2H3;2-4H,1H3. The molecular weight excluding hydrogens is 486 g/mol. The van der Waals surface area contributed by atoms with Crippen molar-refractivity contribution >= 4 is 39.3 Å². The lowest BCUT2D eigenvalue weighted by Crippen LogP contribution is -2.11. The lowest BCUT2D eigenvalue weighted by atomic mass is 10.0. The maximum Gasteiger partial charge on any atom is 0.417 e. The summed E-state index contributed by atoms with van der Waals surface area (Å²) in [6, 6.07) is 7.20. The van der Waals surface area contributed by atoms with Gasteiger partial charge in [0.2, 0.25) is 0 Å². The van der Waals surface area contributed by atoms with Gasteiger partial charge in [0.1, 0.15) is 0 Å². The zero-order valence-electron chi connectivity index (χ0n) is 15.3. The van der Waals surface area contributed by atoms with E-state index in [2.05, 4.69) is 15.9 Å². The summed E-state index contributed by atoms with van der Waals surface area (Å²) in [6.07, 6.45) is -7.29.